The van der Waals surface area contributed by atoms with Crippen LogP contribution in [0.25, 0.3) is 0 Å². The molecule has 1 fully saturated rings. The molecule has 0 unspecified atom stereocenters. The second kappa shape index (κ2) is 7.74. The molecule has 1 saturated heterocycles. The number of hydrogen-bond acceptors (Lipinski definition) is 5. The van der Waals surface area contributed by atoms with Crippen LogP contribution < -0.4 is 15.5 Å². The Balaban J connectivity index is 1.65. The van der Waals surface area contributed by atoms with E-state index in [0.29, 0.717) is 11.4 Å². The Morgan fingerprint density at radius 3 is 2.32 bits per heavy atom. The number of aromatic nitrogens is 2. The monoisotopic (exact) mass is 339 g/mol. The first-order valence-electron chi connectivity index (χ1n) is 8.39. The summed E-state index contributed by atoms with van der Waals surface area (Å²) in [5.74, 6) is 0.309. The Bertz CT molecular complexity index is 754. The van der Waals surface area contributed by atoms with E-state index in [9.17, 15) is 9.59 Å². The third kappa shape index (κ3) is 4.53. The molecule has 2 N–H and O–H groups in total. The fraction of sp³-hybridized carbons (Fsp3) is 0.333. The van der Waals surface area contributed by atoms with Crippen molar-refractivity contribution < 1.29 is 9.59 Å². The molecule has 1 aromatic heterocycles. The molecule has 0 atom stereocenters. The Morgan fingerprint density at radius 1 is 0.960 bits per heavy atom. The molecule has 2 aromatic rings. The van der Waals surface area contributed by atoms with Crippen molar-refractivity contribution in [1.29, 1.82) is 0 Å². The number of nitrogens with one attached hydrogen (secondary N) is 2. The van der Waals surface area contributed by atoms with Gasteiger partial charge in [0.05, 0.1) is 0 Å². The fourth-order valence-electron chi connectivity index (χ4n) is 2.81. The maximum absolute atomic E-state index is 12.3. The zero-order valence-corrected chi connectivity index (χ0v) is 14.2. The number of benzene rings is 1. The number of nitrogens with zero attached hydrogens (tertiary/aromatic N) is 3. The predicted octanol–water partition coefficient (Wildman–Crippen LogP) is 2.68. The third-order valence-corrected chi connectivity index (χ3v) is 4.00. The molecule has 3 rings (SSSR count). The highest BCUT2D eigenvalue weighted by Crippen LogP contribution is 2.18. The topological polar surface area (TPSA) is 87.2 Å². The number of hydrogen-bond donors (Lipinski definition) is 2. The molecule has 25 heavy (non-hydrogen) atoms. The van der Waals surface area contributed by atoms with Crippen molar-refractivity contribution in [2.75, 3.05) is 28.6 Å². The first-order valence-corrected chi connectivity index (χ1v) is 8.39. The first-order chi connectivity index (χ1) is 12.1. The number of piperidine rings is 1. The van der Waals surface area contributed by atoms with Crippen molar-refractivity contribution >= 4 is 29.0 Å². The van der Waals surface area contributed by atoms with Gasteiger partial charge in [0.2, 0.25) is 5.91 Å². The summed E-state index contributed by atoms with van der Waals surface area (Å²) < 4.78 is 0. The predicted molar refractivity (Wildman–Crippen MR) is 96.8 cm³/mol. The maximum atomic E-state index is 12.3. The summed E-state index contributed by atoms with van der Waals surface area (Å²) in [5, 5.41) is 13.7. The maximum Gasteiger partial charge on any atom is 0.276 e. The molecule has 130 valence electrons. The summed E-state index contributed by atoms with van der Waals surface area (Å²) >= 11 is 0. The SMILES string of the molecule is CC(=O)Nc1cccc(NC(=O)c2ccc(N3CCCCC3)nn2)c1. The van der Waals surface area contributed by atoms with Gasteiger partial charge in [-0.15, -0.1) is 10.2 Å². The highest BCUT2D eigenvalue weighted by molar-refractivity contribution is 6.03. The van der Waals surface area contributed by atoms with E-state index >= 15 is 0 Å². The second-order valence-corrected chi connectivity index (χ2v) is 6.04. The molecule has 1 aromatic carbocycles. The van der Waals surface area contributed by atoms with E-state index in [2.05, 4.69) is 25.7 Å². The summed E-state index contributed by atoms with van der Waals surface area (Å²) in [6.07, 6.45) is 3.57. The molecule has 0 spiro atoms. The summed E-state index contributed by atoms with van der Waals surface area (Å²) in [6.45, 7) is 3.40. The molecule has 1 aliphatic heterocycles. The lowest BCUT2D eigenvalue weighted by molar-refractivity contribution is -0.114. The lowest BCUT2D eigenvalue weighted by Gasteiger charge is -2.27. The Kier molecular flexibility index (Phi) is 5.23. The van der Waals surface area contributed by atoms with E-state index in [1.165, 1.54) is 13.3 Å². The summed E-state index contributed by atoms with van der Waals surface area (Å²) in [5.41, 5.74) is 1.46. The van der Waals surface area contributed by atoms with Crippen LogP contribution in [-0.4, -0.2) is 35.1 Å². The molecule has 0 bridgehead atoms. The van der Waals surface area contributed by atoms with E-state index in [4.69, 9.17) is 0 Å². The molecule has 1 aliphatic rings. The van der Waals surface area contributed by atoms with Gasteiger partial charge in [0.15, 0.2) is 11.5 Å². The van der Waals surface area contributed by atoms with Crippen LogP contribution >= 0.6 is 0 Å². The van der Waals surface area contributed by atoms with Crippen LogP contribution in [0.1, 0.15) is 36.7 Å². The lowest BCUT2D eigenvalue weighted by Crippen LogP contribution is -2.30. The van der Waals surface area contributed by atoms with E-state index < -0.39 is 0 Å². The molecule has 7 heteroatoms. The van der Waals surface area contributed by atoms with Gasteiger partial charge in [-0.25, -0.2) is 0 Å². The van der Waals surface area contributed by atoms with Crippen LogP contribution in [0.4, 0.5) is 17.2 Å². The fourth-order valence-corrected chi connectivity index (χ4v) is 2.81. The van der Waals surface area contributed by atoms with E-state index in [1.54, 1.807) is 30.3 Å². The average Bonchev–Trinajstić information content (AvgIpc) is 2.62. The largest absolute Gasteiger partial charge is 0.355 e. The molecule has 7 nitrogen and oxygen atoms in total. The van der Waals surface area contributed by atoms with Crippen molar-refractivity contribution in [1.82, 2.24) is 10.2 Å². The number of rotatable bonds is 4. The second-order valence-electron chi connectivity index (χ2n) is 6.04. The number of carbonyl (C=O) groups excluding carboxylic acids is 2. The van der Waals surface area contributed by atoms with Crippen molar-refractivity contribution in [2.24, 2.45) is 0 Å². The summed E-state index contributed by atoms with van der Waals surface area (Å²) in [4.78, 5) is 25.6. The normalized spacial score (nSPS) is 14.0. The van der Waals surface area contributed by atoms with Gasteiger partial charge >= 0.3 is 0 Å². The Morgan fingerprint density at radius 2 is 1.68 bits per heavy atom. The van der Waals surface area contributed by atoms with Gasteiger partial charge in [-0.1, -0.05) is 6.07 Å². The molecule has 0 saturated carbocycles. The minimum absolute atomic E-state index is 0.164. The zero-order chi connectivity index (χ0) is 17.6. The molecular formula is C18H21N5O2. The van der Waals surface area contributed by atoms with Gasteiger partial charge in [-0.3, -0.25) is 9.59 Å². The average molecular weight is 339 g/mol. The van der Waals surface area contributed by atoms with Gasteiger partial charge in [0.1, 0.15) is 0 Å². The van der Waals surface area contributed by atoms with Crippen LogP contribution in [0, 0.1) is 0 Å². The van der Waals surface area contributed by atoms with E-state index in [1.807, 2.05) is 6.07 Å². The van der Waals surface area contributed by atoms with Gasteiger partial charge in [0.25, 0.3) is 5.91 Å². The highest BCUT2D eigenvalue weighted by atomic mass is 16.2. The number of carbonyl (C=O) groups is 2. The highest BCUT2D eigenvalue weighted by Gasteiger charge is 2.14. The molecule has 0 radical (unpaired) electrons. The minimum atomic E-state index is -0.335. The third-order valence-electron chi connectivity index (χ3n) is 4.00. The Labute approximate surface area is 146 Å². The number of anilines is 3. The van der Waals surface area contributed by atoms with Crippen molar-refractivity contribution in [3.8, 4) is 0 Å². The van der Waals surface area contributed by atoms with Crippen LogP contribution in [0.15, 0.2) is 36.4 Å². The van der Waals surface area contributed by atoms with Crippen LogP contribution in [0.5, 0.6) is 0 Å². The Hall–Kier alpha value is -2.96. The van der Waals surface area contributed by atoms with Crippen LogP contribution in [0.2, 0.25) is 0 Å². The molecular weight excluding hydrogens is 318 g/mol. The lowest BCUT2D eigenvalue weighted by atomic mass is 10.1. The van der Waals surface area contributed by atoms with Crippen LogP contribution in [-0.2, 0) is 4.79 Å². The standard InChI is InChI=1S/C18H21N5O2/c1-13(24)19-14-6-5-7-15(12-14)20-18(25)16-8-9-17(22-21-16)23-10-3-2-4-11-23/h5-9,12H,2-4,10-11H2,1H3,(H,19,24)(H,20,25). The summed E-state index contributed by atoms with van der Waals surface area (Å²) in [6, 6.07) is 10.5. The smallest absolute Gasteiger partial charge is 0.276 e. The van der Waals surface area contributed by atoms with Crippen molar-refractivity contribution in [3.63, 3.8) is 0 Å². The molecule has 2 amide bonds. The van der Waals surface area contributed by atoms with Gasteiger partial charge < -0.3 is 15.5 Å². The van der Waals surface area contributed by atoms with Crippen LogP contribution in [0.3, 0.4) is 0 Å². The molecule has 2 heterocycles. The van der Waals surface area contributed by atoms with Gasteiger partial charge in [0, 0.05) is 31.4 Å². The van der Waals surface area contributed by atoms with Crippen molar-refractivity contribution in [2.45, 2.75) is 26.2 Å². The quantitative estimate of drug-likeness (QED) is 0.894. The minimum Gasteiger partial charge on any atom is -0.355 e. The van der Waals surface area contributed by atoms with E-state index in [-0.39, 0.29) is 17.5 Å². The van der Waals surface area contributed by atoms with E-state index in [0.717, 1.165) is 31.7 Å². The van der Waals surface area contributed by atoms with Gasteiger partial charge in [-0.05, 0) is 49.6 Å². The first kappa shape index (κ1) is 16.9. The molecule has 0 aliphatic carbocycles. The summed E-state index contributed by atoms with van der Waals surface area (Å²) in [7, 11) is 0. The number of amides is 2. The van der Waals surface area contributed by atoms with Gasteiger partial charge in [-0.2, -0.15) is 0 Å². The zero-order valence-electron chi connectivity index (χ0n) is 14.2. The van der Waals surface area contributed by atoms with Crippen molar-refractivity contribution in [3.05, 3.63) is 42.1 Å².